The second-order valence-electron chi connectivity index (χ2n) is 10.6. The van der Waals surface area contributed by atoms with E-state index < -0.39 is 10.0 Å². The maximum Gasteiger partial charge on any atom is 0.239 e. The van der Waals surface area contributed by atoms with Gasteiger partial charge in [-0.2, -0.15) is 9.29 Å². The number of fused-ring (bicyclic) bond motifs is 1. The highest BCUT2D eigenvalue weighted by atomic mass is 35.5. The molecule has 2 fully saturated rings. The first-order valence-corrected chi connectivity index (χ1v) is 17.0. The summed E-state index contributed by atoms with van der Waals surface area (Å²) in [6, 6.07) is 14.2. The molecular weight excluding hydrogens is 596 g/mol. The number of morpholine rings is 1. The van der Waals surface area contributed by atoms with Gasteiger partial charge < -0.3 is 14.2 Å². The quantitative estimate of drug-likeness (QED) is 0.255. The molecule has 4 aromatic rings. The van der Waals surface area contributed by atoms with Crippen molar-refractivity contribution in [2.24, 2.45) is 0 Å². The molecule has 2 N–H and O–H groups in total. The van der Waals surface area contributed by atoms with Crippen LogP contribution in [0.1, 0.15) is 16.1 Å². The number of thiophene rings is 1. The van der Waals surface area contributed by atoms with Crippen LogP contribution in [0.4, 0.5) is 11.8 Å². The summed E-state index contributed by atoms with van der Waals surface area (Å²) in [7, 11) is -3.15. The Morgan fingerprint density at radius 3 is 2.57 bits per heavy atom. The van der Waals surface area contributed by atoms with E-state index in [0.29, 0.717) is 51.9 Å². The molecule has 0 spiro atoms. The van der Waals surface area contributed by atoms with Crippen LogP contribution in [0.15, 0.2) is 48.7 Å². The van der Waals surface area contributed by atoms with E-state index in [4.69, 9.17) is 26.3 Å². The second-order valence-corrected chi connectivity index (χ2v) is 14.1. The van der Waals surface area contributed by atoms with Gasteiger partial charge in [-0.3, -0.25) is 10.3 Å². The van der Waals surface area contributed by atoms with Crippen LogP contribution in [0, 0.1) is 0 Å². The number of piperazine rings is 1. The van der Waals surface area contributed by atoms with Crippen LogP contribution in [0.3, 0.4) is 0 Å². The van der Waals surface area contributed by atoms with E-state index in [-0.39, 0.29) is 0 Å². The highest BCUT2D eigenvalue weighted by Gasteiger charge is 2.25. The van der Waals surface area contributed by atoms with Gasteiger partial charge in [-0.1, -0.05) is 23.7 Å². The Labute approximate surface area is 255 Å². The van der Waals surface area contributed by atoms with Gasteiger partial charge in [-0.15, -0.1) is 11.3 Å². The van der Waals surface area contributed by atoms with Crippen LogP contribution in [0.5, 0.6) is 0 Å². The molecule has 0 unspecified atom stereocenters. The fraction of sp³-hybridized carbons (Fsp3) is 0.429. The van der Waals surface area contributed by atoms with E-state index >= 15 is 0 Å². The Kier molecular flexibility index (Phi) is 8.96. The molecular formula is C28H35ClN8O3S2. The highest BCUT2D eigenvalue weighted by Crippen LogP contribution is 2.34. The first-order valence-electron chi connectivity index (χ1n) is 14.0. The summed E-state index contributed by atoms with van der Waals surface area (Å²) in [6.45, 7) is 7.40. The number of hydrogen-bond donors (Lipinski definition) is 2. The molecule has 0 amide bonds. The molecule has 224 valence electrons. The summed E-state index contributed by atoms with van der Waals surface area (Å²) in [5.41, 5.74) is 9.69. The summed E-state index contributed by atoms with van der Waals surface area (Å²) in [5, 5.41) is 0.732. The fourth-order valence-corrected chi connectivity index (χ4v) is 7.53. The van der Waals surface area contributed by atoms with E-state index in [9.17, 15) is 8.42 Å². The van der Waals surface area contributed by atoms with Crippen molar-refractivity contribution in [2.75, 3.05) is 69.1 Å². The zero-order valence-electron chi connectivity index (χ0n) is 23.5. The van der Waals surface area contributed by atoms with Crippen molar-refractivity contribution in [1.29, 1.82) is 0 Å². The minimum Gasteiger partial charge on any atom is -0.378 e. The van der Waals surface area contributed by atoms with Crippen molar-refractivity contribution in [1.82, 2.24) is 29.2 Å². The zero-order chi connectivity index (χ0) is 29.1. The number of hydrogen-bond acceptors (Lipinski definition) is 10. The molecule has 0 atom stereocenters. The van der Waals surface area contributed by atoms with Crippen LogP contribution in [0.25, 0.3) is 10.2 Å². The number of sulfonamides is 1. The lowest BCUT2D eigenvalue weighted by atomic mass is 10.2. The molecule has 6 rings (SSSR count). The Bertz CT molecular complexity index is 1630. The number of aromatic nitrogens is 3. The lowest BCUT2D eigenvalue weighted by Crippen LogP contribution is -2.47. The second kappa shape index (κ2) is 12.8. The highest BCUT2D eigenvalue weighted by molar-refractivity contribution is 7.88. The first-order chi connectivity index (χ1) is 20.3. The predicted octanol–water partition coefficient (Wildman–Crippen LogP) is 3.23. The largest absolute Gasteiger partial charge is 0.378 e. The number of nitrogens with one attached hydrogen (secondary N) is 2. The molecule has 0 radical (unpaired) electrons. The van der Waals surface area contributed by atoms with Crippen molar-refractivity contribution in [3.8, 4) is 0 Å². The average molecular weight is 631 g/mol. The Morgan fingerprint density at radius 2 is 1.81 bits per heavy atom. The summed E-state index contributed by atoms with van der Waals surface area (Å²) >= 11 is 7.89. The standard InChI is InChI=1S/C28H35ClN8O3S2/c1-42(38,39)37-10-8-34(9-11-37)20-24-17-25-26(41-24)27(35-12-14-40-15-13-35)32-28(31-25)33-30-18-23-6-3-7-36(23)19-21-4-2-5-22(29)16-21/h2-7,16-17,30H,8-15,18-20H2,1H3,(H,31,32,33). The SMILES string of the molecule is CS(=O)(=O)N1CCN(Cc2cc3nc(NNCc4cccn4Cc4cccc(Cl)c4)nc(N4CCOCC4)c3s2)CC1. The van der Waals surface area contributed by atoms with Crippen LogP contribution in [-0.4, -0.2) is 90.9 Å². The normalized spacial score (nSPS) is 17.2. The average Bonchev–Trinajstić information content (AvgIpc) is 3.59. The molecule has 0 bridgehead atoms. The van der Waals surface area contributed by atoms with Crippen LogP contribution in [0.2, 0.25) is 5.02 Å². The van der Waals surface area contributed by atoms with E-state index in [1.54, 1.807) is 15.6 Å². The number of halogens is 1. The molecule has 42 heavy (non-hydrogen) atoms. The molecule has 2 aliphatic heterocycles. The molecule has 1 aromatic carbocycles. The lowest BCUT2D eigenvalue weighted by Gasteiger charge is -2.32. The number of nitrogens with zero attached hydrogens (tertiary/aromatic N) is 6. The Balaban J connectivity index is 1.16. The monoisotopic (exact) mass is 630 g/mol. The van der Waals surface area contributed by atoms with Gasteiger partial charge in [0.2, 0.25) is 16.0 Å². The molecule has 14 heteroatoms. The number of rotatable bonds is 10. The van der Waals surface area contributed by atoms with Gasteiger partial charge in [0, 0.05) is 74.1 Å². The van der Waals surface area contributed by atoms with Gasteiger partial charge in [0.1, 0.15) is 0 Å². The van der Waals surface area contributed by atoms with Crippen LogP contribution >= 0.6 is 22.9 Å². The van der Waals surface area contributed by atoms with E-state index in [0.717, 1.165) is 58.5 Å². The minimum atomic E-state index is -3.15. The maximum absolute atomic E-state index is 11.9. The van der Waals surface area contributed by atoms with E-state index in [2.05, 4.69) is 49.6 Å². The third kappa shape index (κ3) is 7.05. The third-order valence-corrected chi connectivity index (χ3v) is 10.2. The van der Waals surface area contributed by atoms with E-state index in [1.807, 2.05) is 24.3 Å². The van der Waals surface area contributed by atoms with Gasteiger partial charge in [-0.05, 0) is 35.9 Å². The molecule has 0 saturated carbocycles. The number of benzene rings is 1. The molecule has 11 nitrogen and oxygen atoms in total. The lowest BCUT2D eigenvalue weighted by molar-refractivity contribution is 0.122. The molecule has 3 aromatic heterocycles. The molecule has 2 aliphatic rings. The van der Waals surface area contributed by atoms with Crippen molar-refractivity contribution in [3.05, 3.63) is 69.8 Å². The number of ether oxygens (including phenoxy) is 1. The van der Waals surface area contributed by atoms with Gasteiger partial charge >= 0.3 is 0 Å². The summed E-state index contributed by atoms with van der Waals surface area (Å²) in [4.78, 5) is 15.5. The molecule has 5 heterocycles. The zero-order valence-corrected chi connectivity index (χ0v) is 25.9. The number of hydrazine groups is 1. The Morgan fingerprint density at radius 1 is 1.00 bits per heavy atom. The van der Waals surface area contributed by atoms with Gasteiger partial charge in [-0.25, -0.2) is 18.8 Å². The van der Waals surface area contributed by atoms with Crippen LogP contribution < -0.4 is 15.8 Å². The van der Waals surface area contributed by atoms with E-state index in [1.165, 1.54) is 11.1 Å². The van der Waals surface area contributed by atoms with Crippen LogP contribution in [-0.2, 0) is 34.4 Å². The van der Waals surface area contributed by atoms with Crippen molar-refractivity contribution in [2.45, 2.75) is 19.6 Å². The third-order valence-electron chi connectivity index (χ3n) is 7.53. The molecule has 2 saturated heterocycles. The van der Waals surface area contributed by atoms with Gasteiger partial charge in [0.05, 0.1) is 36.2 Å². The summed E-state index contributed by atoms with van der Waals surface area (Å²) in [5.74, 6) is 1.43. The minimum absolute atomic E-state index is 0.517. The molecule has 0 aliphatic carbocycles. The number of anilines is 2. The smallest absolute Gasteiger partial charge is 0.239 e. The maximum atomic E-state index is 11.9. The van der Waals surface area contributed by atoms with Crippen molar-refractivity contribution >= 4 is 54.9 Å². The Hall–Kier alpha value is -2.78. The summed E-state index contributed by atoms with van der Waals surface area (Å²) < 4.78 is 34.2. The van der Waals surface area contributed by atoms with Gasteiger partial charge in [0.15, 0.2) is 5.82 Å². The fourth-order valence-electron chi connectivity index (χ4n) is 5.34. The predicted molar refractivity (Wildman–Crippen MR) is 168 cm³/mol. The van der Waals surface area contributed by atoms with Gasteiger partial charge in [0.25, 0.3) is 0 Å². The topological polar surface area (TPSA) is 108 Å². The van der Waals surface area contributed by atoms with Crippen molar-refractivity contribution in [3.63, 3.8) is 0 Å². The first kappa shape index (κ1) is 29.3. The summed E-state index contributed by atoms with van der Waals surface area (Å²) in [6.07, 6.45) is 3.34. The van der Waals surface area contributed by atoms with Crippen molar-refractivity contribution < 1.29 is 13.2 Å².